The molecule has 1 unspecified atom stereocenters. The summed E-state index contributed by atoms with van der Waals surface area (Å²) in [6.45, 7) is 4.75. The minimum absolute atomic E-state index is 0.102. The molecule has 1 spiro atoms. The quantitative estimate of drug-likeness (QED) is 0.182. The fraction of sp³-hybridized carbons (Fsp3) is 0.0784. The summed E-state index contributed by atoms with van der Waals surface area (Å²) < 4.78 is 0. The normalized spacial score (nSPS) is 16.6. The average molecular weight is 722 g/mol. The Hall–Kier alpha value is -6.36. The Kier molecular flexibility index (Phi) is 7.05. The first-order valence-electron chi connectivity index (χ1n) is 18.8. The lowest BCUT2D eigenvalue weighted by molar-refractivity contribution is 0.653. The van der Waals surface area contributed by atoms with E-state index in [4.69, 9.17) is 9.97 Å². The van der Waals surface area contributed by atoms with E-state index in [1.54, 1.807) is 6.20 Å². The largest absolute Gasteiger partial charge is 0.264 e. The van der Waals surface area contributed by atoms with Crippen LogP contribution in [0, 0.1) is 0 Å². The molecular weight excluding hydrogens is 687 g/mol. The molecule has 3 heterocycles. The fourth-order valence-corrected chi connectivity index (χ4v) is 10.5. The van der Waals surface area contributed by atoms with Gasteiger partial charge in [-0.15, -0.1) is 0 Å². The van der Waals surface area contributed by atoms with Gasteiger partial charge in [-0.25, -0.2) is 9.97 Å². The van der Waals surface area contributed by atoms with Crippen LogP contribution in [0.15, 0.2) is 174 Å². The van der Waals surface area contributed by atoms with Crippen molar-refractivity contribution in [3.63, 3.8) is 0 Å². The Morgan fingerprint density at radius 1 is 0.455 bits per heavy atom. The molecule has 0 N–H and O–H groups in total. The van der Waals surface area contributed by atoms with E-state index in [1.807, 2.05) is 36.2 Å². The number of hydrogen-bond acceptors (Lipinski definition) is 4. The third-order valence-electron chi connectivity index (χ3n) is 11.9. The van der Waals surface area contributed by atoms with E-state index in [1.165, 1.54) is 65.4 Å². The maximum absolute atomic E-state index is 5.25. The lowest BCUT2D eigenvalue weighted by Crippen LogP contribution is -2.35. The highest BCUT2D eigenvalue weighted by Gasteiger charge is 2.48. The van der Waals surface area contributed by atoms with Crippen molar-refractivity contribution in [2.75, 3.05) is 0 Å². The zero-order chi connectivity index (χ0) is 36.7. The zero-order valence-electron chi connectivity index (χ0n) is 30.5. The lowest BCUT2D eigenvalue weighted by Gasteiger charge is -2.43. The van der Waals surface area contributed by atoms with E-state index < -0.39 is 5.41 Å². The van der Waals surface area contributed by atoms with Crippen LogP contribution < -0.4 is 0 Å². The summed E-state index contributed by atoms with van der Waals surface area (Å²) in [6.07, 6.45) is 8.24. The SMILES string of the molecule is CC1(C)c2ccccc2-c2cc3c(cc21)Sc1ccccc1C31c2ccccc2C=Cc2ccc(-c3cc(-c4ccccc4)nc(-c4cccnc4)n3)cc21. The van der Waals surface area contributed by atoms with Crippen LogP contribution in [0.4, 0.5) is 0 Å². The molecule has 0 saturated carbocycles. The topological polar surface area (TPSA) is 38.7 Å². The molecule has 0 amide bonds. The summed E-state index contributed by atoms with van der Waals surface area (Å²) in [6, 6.07) is 55.5. The van der Waals surface area contributed by atoms with E-state index in [2.05, 4.69) is 164 Å². The zero-order valence-corrected chi connectivity index (χ0v) is 31.3. The summed E-state index contributed by atoms with van der Waals surface area (Å²) >= 11 is 1.90. The smallest absolute Gasteiger partial charge is 0.161 e. The third kappa shape index (κ3) is 4.74. The van der Waals surface area contributed by atoms with Crippen LogP contribution in [0.25, 0.3) is 57.2 Å². The fourth-order valence-electron chi connectivity index (χ4n) is 9.28. The Labute approximate surface area is 325 Å². The predicted molar refractivity (Wildman–Crippen MR) is 225 cm³/mol. The van der Waals surface area contributed by atoms with Crippen LogP contribution in [0.1, 0.15) is 58.4 Å². The van der Waals surface area contributed by atoms with Gasteiger partial charge in [0, 0.05) is 44.3 Å². The van der Waals surface area contributed by atoms with Crippen LogP contribution in [0.2, 0.25) is 0 Å². The highest BCUT2D eigenvalue weighted by molar-refractivity contribution is 7.99. The predicted octanol–water partition coefficient (Wildman–Crippen LogP) is 12.5. The van der Waals surface area contributed by atoms with Gasteiger partial charge in [-0.1, -0.05) is 147 Å². The van der Waals surface area contributed by atoms with Crippen molar-refractivity contribution < 1.29 is 0 Å². The number of nitrogens with zero attached hydrogens (tertiary/aromatic N) is 3. The second kappa shape index (κ2) is 12.1. The first-order chi connectivity index (χ1) is 27.0. The Bertz CT molecular complexity index is 2820. The number of rotatable bonds is 3. The molecule has 2 aliphatic carbocycles. The van der Waals surface area contributed by atoms with Crippen LogP contribution in [0.3, 0.4) is 0 Å². The molecule has 1 atom stereocenters. The summed E-state index contributed by atoms with van der Waals surface area (Å²) in [5, 5.41) is 0. The number of pyridine rings is 1. The molecule has 3 aliphatic rings. The van der Waals surface area contributed by atoms with E-state index in [9.17, 15) is 0 Å². The molecule has 260 valence electrons. The molecular formula is C51H35N3S. The van der Waals surface area contributed by atoms with Crippen molar-refractivity contribution >= 4 is 23.9 Å². The van der Waals surface area contributed by atoms with Crippen molar-refractivity contribution in [1.29, 1.82) is 0 Å². The van der Waals surface area contributed by atoms with Crippen LogP contribution in [-0.4, -0.2) is 15.0 Å². The molecule has 0 radical (unpaired) electrons. The molecule has 0 saturated heterocycles. The Morgan fingerprint density at radius 3 is 1.96 bits per heavy atom. The first-order valence-corrected chi connectivity index (χ1v) is 19.7. The number of fused-ring (bicyclic) bond motifs is 11. The molecule has 2 aromatic heterocycles. The van der Waals surface area contributed by atoms with Gasteiger partial charge >= 0.3 is 0 Å². The molecule has 0 bridgehead atoms. The van der Waals surface area contributed by atoms with Gasteiger partial charge in [0.25, 0.3) is 0 Å². The minimum atomic E-state index is -0.610. The maximum atomic E-state index is 5.25. The second-order valence-electron chi connectivity index (χ2n) is 15.2. The Morgan fingerprint density at radius 2 is 1.15 bits per heavy atom. The van der Waals surface area contributed by atoms with Crippen molar-refractivity contribution in [3.05, 3.63) is 209 Å². The molecule has 11 rings (SSSR count). The van der Waals surface area contributed by atoms with E-state index in [-0.39, 0.29) is 5.41 Å². The van der Waals surface area contributed by atoms with Gasteiger partial charge in [0.15, 0.2) is 5.82 Å². The minimum Gasteiger partial charge on any atom is -0.264 e. The molecule has 6 aromatic carbocycles. The van der Waals surface area contributed by atoms with Gasteiger partial charge in [0.1, 0.15) is 0 Å². The second-order valence-corrected chi connectivity index (χ2v) is 16.3. The number of benzene rings is 6. The van der Waals surface area contributed by atoms with Gasteiger partial charge in [-0.3, -0.25) is 4.98 Å². The number of hydrogen-bond donors (Lipinski definition) is 0. The van der Waals surface area contributed by atoms with Crippen molar-refractivity contribution in [2.45, 2.75) is 34.5 Å². The van der Waals surface area contributed by atoms with E-state index in [0.717, 1.165) is 28.1 Å². The van der Waals surface area contributed by atoms with Gasteiger partial charge in [-0.05, 0) is 98.1 Å². The standard InChI is InChI=1S/C51H35N3S/c1-50(2)40-19-9-7-17-37(40)38-28-44-48(29-43(38)50)55-47-21-11-10-20-41(47)51(44)39-18-8-6-13-32(39)22-23-33-24-25-35(27-42(33)51)46-30-45(34-14-4-3-5-15-34)53-49(54-46)36-16-12-26-52-31-36/h3-31H,1-2H3. The van der Waals surface area contributed by atoms with Gasteiger partial charge in [-0.2, -0.15) is 0 Å². The van der Waals surface area contributed by atoms with Crippen molar-refractivity contribution in [3.8, 4) is 45.0 Å². The van der Waals surface area contributed by atoms with Gasteiger partial charge < -0.3 is 0 Å². The first kappa shape index (κ1) is 32.1. The van der Waals surface area contributed by atoms with Crippen LogP contribution >= 0.6 is 11.8 Å². The number of aromatic nitrogens is 3. The monoisotopic (exact) mass is 721 g/mol. The molecule has 3 nitrogen and oxygen atoms in total. The average Bonchev–Trinajstić information content (AvgIpc) is 3.36. The highest BCUT2D eigenvalue weighted by Crippen LogP contribution is 2.61. The molecule has 4 heteroatoms. The lowest BCUT2D eigenvalue weighted by atomic mass is 9.62. The summed E-state index contributed by atoms with van der Waals surface area (Å²) in [4.78, 5) is 17.3. The maximum Gasteiger partial charge on any atom is 0.161 e. The van der Waals surface area contributed by atoms with Crippen molar-refractivity contribution in [1.82, 2.24) is 15.0 Å². The van der Waals surface area contributed by atoms with Gasteiger partial charge in [0.2, 0.25) is 0 Å². The highest BCUT2D eigenvalue weighted by atomic mass is 32.2. The summed E-state index contributed by atoms with van der Waals surface area (Å²) in [5.41, 5.74) is 17.0. The third-order valence-corrected chi connectivity index (χ3v) is 13.0. The molecule has 0 fully saturated rings. The summed E-state index contributed by atoms with van der Waals surface area (Å²) in [7, 11) is 0. The van der Waals surface area contributed by atoms with Crippen molar-refractivity contribution in [2.24, 2.45) is 0 Å². The van der Waals surface area contributed by atoms with Crippen LogP contribution in [-0.2, 0) is 10.8 Å². The van der Waals surface area contributed by atoms with E-state index in [0.29, 0.717) is 5.82 Å². The van der Waals surface area contributed by atoms with Crippen LogP contribution in [0.5, 0.6) is 0 Å². The summed E-state index contributed by atoms with van der Waals surface area (Å²) in [5.74, 6) is 0.654. The van der Waals surface area contributed by atoms with Gasteiger partial charge in [0.05, 0.1) is 16.8 Å². The molecule has 1 aliphatic heterocycles. The van der Waals surface area contributed by atoms with E-state index >= 15 is 0 Å². The molecule has 8 aromatic rings. The molecule has 55 heavy (non-hydrogen) atoms. The Balaban J connectivity index is 1.23.